The maximum Gasteiger partial charge on any atom is 0.344 e. The normalized spacial score (nSPS) is 17.7. The summed E-state index contributed by atoms with van der Waals surface area (Å²) in [6.07, 6.45) is 1.78. The first kappa shape index (κ1) is 20.0. The second kappa shape index (κ2) is 8.48. The van der Waals surface area contributed by atoms with Gasteiger partial charge in [0.1, 0.15) is 5.75 Å². The quantitative estimate of drug-likeness (QED) is 0.537. The monoisotopic (exact) mass is 394 g/mol. The molecule has 0 aliphatic carbocycles. The lowest BCUT2D eigenvalue weighted by atomic mass is 9.94. The van der Waals surface area contributed by atoms with Gasteiger partial charge in [-0.1, -0.05) is 29.8 Å². The van der Waals surface area contributed by atoms with Gasteiger partial charge in [-0.3, -0.25) is 4.79 Å². The molecule has 0 amide bonds. The maximum atomic E-state index is 13.2. The SMILES string of the molecule is COC(=O)C1=C/C(=C(/C)c2ccc(C)cc2)C(C(=O)c2ccc(OC)cc2)S1. The average molecular weight is 394 g/mol. The number of hydrogen-bond acceptors (Lipinski definition) is 5. The van der Waals surface area contributed by atoms with Crippen LogP contribution in [-0.2, 0) is 9.53 Å². The van der Waals surface area contributed by atoms with Gasteiger partial charge in [0, 0.05) is 5.56 Å². The number of esters is 1. The van der Waals surface area contributed by atoms with E-state index >= 15 is 0 Å². The fraction of sp³-hybridized carbons (Fsp3) is 0.217. The van der Waals surface area contributed by atoms with E-state index in [2.05, 4.69) is 0 Å². The number of aryl methyl sites for hydroxylation is 1. The molecule has 0 saturated carbocycles. The zero-order chi connectivity index (χ0) is 20.3. The van der Waals surface area contributed by atoms with Crippen molar-refractivity contribution < 1.29 is 19.1 Å². The molecule has 4 nitrogen and oxygen atoms in total. The van der Waals surface area contributed by atoms with Crippen molar-refractivity contribution in [2.24, 2.45) is 0 Å². The van der Waals surface area contributed by atoms with Crippen molar-refractivity contribution in [3.63, 3.8) is 0 Å². The highest BCUT2D eigenvalue weighted by atomic mass is 32.2. The molecule has 1 aliphatic heterocycles. The summed E-state index contributed by atoms with van der Waals surface area (Å²) in [5.41, 5.74) is 4.57. The smallest absolute Gasteiger partial charge is 0.344 e. The van der Waals surface area contributed by atoms with E-state index in [1.54, 1.807) is 37.5 Å². The molecule has 0 saturated heterocycles. The molecular weight excluding hydrogens is 372 g/mol. The van der Waals surface area contributed by atoms with Gasteiger partial charge in [-0.05, 0) is 60.9 Å². The van der Waals surface area contributed by atoms with Crippen LogP contribution < -0.4 is 4.74 Å². The van der Waals surface area contributed by atoms with Crippen LogP contribution in [0, 0.1) is 6.92 Å². The highest BCUT2D eigenvalue weighted by molar-refractivity contribution is 8.05. The molecule has 5 heteroatoms. The highest BCUT2D eigenvalue weighted by Gasteiger charge is 2.34. The molecule has 3 rings (SSSR count). The van der Waals surface area contributed by atoms with E-state index in [-0.39, 0.29) is 5.78 Å². The summed E-state index contributed by atoms with van der Waals surface area (Å²) in [5, 5.41) is -0.496. The topological polar surface area (TPSA) is 52.6 Å². The van der Waals surface area contributed by atoms with Crippen molar-refractivity contribution in [2.75, 3.05) is 14.2 Å². The first-order valence-electron chi connectivity index (χ1n) is 8.87. The van der Waals surface area contributed by atoms with Crippen molar-refractivity contribution in [3.8, 4) is 5.75 Å². The number of hydrogen-bond donors (Lipinski definition) is 0. The Balaban J connectivity index is 2.02. The van der Waals surface area contributed by atoms with Crippen molar-refractivity contribution in [2.45, 2.75) is 19.1 Å². The first-order chi connectivity index (χ1) is 13.4. The van der Waals surface area contributed by atoms with Crippen molar-refractivity contribution in [1.29, 1.82) is 0 Å². The average Bonchev–Trinajstić information content (AvgIpc) is 3.18. The van der Waals surface area contributed by atoms with Gasteiger partial charge in [0.2, 0.25) is 0 Å². The second-order valence-corrected chi connectivity index (χ2v) is 7.68. The van der Waals surface area contributed by atoms with Gasteiger partial charge in [0.25, 0.3) is 0 Å². The van der Waals surface area contributed by atoms with Crippen molar-refractivity contribution >= 4 is 29.1 Å². The fourth-order valence-corrected chi connectivity index (χ4v) is 4.27. The van der Waals surface area contributed by atoms with Gasteiger partial charge in [-0.25, -0.2) is 4.79 Å². The number of ketones is 1. The van der Waals surface area contributed by atoms with E-state index in [0.717, 1.165) is 16.7 Å². The Morgan fingerprint density at radius 3 is 2.11 bits per heavy atom. The first-order valence-corrected chi connectivity index (χ1v) is 9.75. The third-order valence-electron chi connectivity index (χ3n) is 4.73. The Morgan fingerprint density at radius 2 is 1.54 bits per heavy atom. The lowest BCUT2D eigenvalue weighted by molar-refractivity contribution is -0.135. The predicted molar refractivity (Wildman–Crippen MR) is 113 cm³/mol. The fourth-order valence-electron chi connectivity index (χ4n) is 3.03. The summed E-state index contributed by atoms with van der Waals surface area (Å²) < 4.78 is 10.0. The molecule has 2 aromatic carbocycles. The lowest BCUT2D eigenvalue weighted by Crippen LogP contribution is -2.18. The van der Waals surface area contributed by atoms with Crippen molar-refractivity contribution in [3.05, 3.63) is 81.8 Å². The summed E-state index contributed by atoms with van der Waals surface area (Å²) in [7, 11) is 2.93. The minimum Gasteiger partial charge on any atom is -0.497 e. The number of ether oxygens (including phenoxy) is 2. The number of benzene rings is 2. The Labute approximate surface area is 169 Å². The van der Waals surface area contributed by atoms with Crippen LogP contribution >= 0.6 is 11.8 Å². The third kappa shape index (κ3) is 4.04. The van der Waals surface area contributed by atoms with Gasteiger partial charge in [-0.15, -0.1) is 11.8 Å². The third-order valence-corrected chi connectivity index (χ3v) is 5.97. The van der Waals surface area contributed by atoms with Gasteiger partial charge < -0.3 is 9.47 Å². The number of carbonyl (C=O) groups excluding carboxylic acids is 2. The summed E-state index contributed by atoms with van der Waals surface area (Å²) in [5.74, 6) is 0.212. The molecular formula is C23H22O4S. The van der Waals surface area contributed by atoms with Crippen molar-refractivity contribution in [1.82, 2.24) is 0 Å². The minimum absolute atomic E-state index is 0.0516. The minimum atomic E-state index is -0.496. The molecule has 0 N–H and O–H groups in total. The number of Topliss-reactive ketones (excluding diaryl/α,β-unsaturated/α-hetero) is 1. The number of thioether (sulfide) groups is 1. The van der Waals surface area contributed by atoms with Gasteiger partial charge >= 0.3 is 5.97 Å². The molecule has 2 aromatic rings. The van der Waals surface area contributed by atoms with Crippen LogP contribution in [-0.4, -0.2) is 31.2 Å². The Morgan fingerprint density at radius 1 is 0.929 bits per heavy atom. The molecule has 1 atom stereocenters. The molecule has 0 spiro atoms. The predicted octanol–water partition coefficient (Wildman–Crippen LogP) is 4.83. The zero-order valence-electron chi connectivity index (χ0n) is 16.3. The van der Waals surface area contributed by atoms with E-state index < -0.39 is 11.2 Å². The number of carbonyl (C=O) groups is 2. The van der Waals surface area contributed by atoms with E-state index in [4.69, 9.17) is 9.47 Å². The van der Waals surface area contributed by atoms with Crippen LogP contribution in [0.4, 0.5) is 0 Å². The van der Waals surface area contributed by atoms with E-state index in [0.29, 0.717) is 16.2 Å². The Bertz CT molecular complexity index is 953. The van der Waals surface area contributed by atoms with Crippen LogP contribution in [0.2, 0.25) is 0 Å². The summed E-state index contributed by atoms with van der Waals surface area (Å²) >= 11 is 1.24. The number of methoxy groups -OCH3 is 2. The summed E-state index contributed by atoms with van der Waals surface area (Å²) in [4.78, 5) is 25.8. The molecule has 0 radical (unpaired) electrons. The number of allylic oxidation sites excluding steroid dienone is 2. The number of rotatable bonds is 5. The van der Waals surface area contributed by atoms with E-state index in [1.807, 2.05) is 38.1 Å². The van der Waals surface area contributed by atoms with Gasteiger partial charge in [0.05, 0.1) is 24.4 Å². The Hall–Kier alpha value is -2.79. The van der Waals surface area contributed by atoms with Gasteiger partial charge in [0.15, 0.2) is 5.78 Å². The van der Waals surface area contributed by atoms with Crippen LogP contribution in [0.5, 0.6) is 5.75 Å². The van der Waals surface area contributed by atoms with Crippen LogP contribution in [0.15, 0.2) is 65.1 Å². The molecule has 28 heavy (non-hydrogen) atoms. The molecule has 1 unspecified atom stereocenters. The van der Waals surface area contributed by atoms with Crippen LogP contribution in [0.3, 0.4) is 0 Å². The molecule has 1 aliphatic rings. The molecule has 0 bridgehead atoms. The molecule has 144 valence electrons. The van der Waals surface area contributed by atoms with E-state index in [9.17, 15) is 9.59 Å². The summed E-state index contributed by atoms with van der Waals surface area (Å²) in [6, 6.07) is 15.1. The largest absolute Gasteiger partial charge is 0.497 e. The lowest BCUT2D eigenvalue weighted by Gasteiger charge is -2.15. The summed E-state index contributed by atoms with van der Waals surface area (Å²) in [6.45, 7) is 4.01. The van der Waals surface area contributed by atoms with Crippen LogP contribution in [0.1, 0.15) is 28.4 Å². The van der Waals surface area contributed by atoms with Crippen LogP contribution in [0.25, 0.3) is 5.57 Å². The maximum absolute atomic E-state index is 13.2. The molecule has 0 fully saturated rings. The Kier molecular flexibility index (Phi) is 6.05. The standard InChI is InChI=1S/C23H22O4S/c1-14-5-7-16(8-6-14)15(2)19-13-20(23(25)27-4)28-22(19)21(24)17-9-11-18(26-3)12-10-17/h5-13,22H,1-4H3/b19-15+. The van der Waals surface area contributed by atoms with E-state index in [1.165, 1.54) is 24.4 Å². The molecule has 1 heterocycles. The van der Waals surface area contributed by atoms with Gasteiger partial charge in [-0.2, -0.15) is 0 Å². The zero-order valence-corrected chi connectivity index (χ0v) is 17.1. The second-order valence-electron chi connectivity index (χ2n) is 6.54. The highest BCUT2D eigenvalue weighted by Crippen LogP contribution is 2.42. The molecule has 0 aromatic heterocycles.